The van der Waals surface area contributed by atoms with Gasteiger partial charge >= 0.3 is 0 Å². The number of piperidine rings is 1. The summed E-state index contributed by atoms with van der Waals surface area (Å²) in [7, 11) is 2.20. The van der Waals surface area contributed by atoms with Crippen LogP contribution >= 0.6 is 12.4 Å². The highest BCUT2D eigenvalue weighted by Crippen LogP contribution is 2.62. The Labute approximate surface area is 135 Å². The van der Waals surface area contributed by atoms with Crippen molar-refractivity contribution in [3.05, 3.63) is 23.3 Å². The maximum Gasteiger partial charge on any atom is 0.174 e. The van der Waals surface area contributed by atoms with E-state index in [1.54, 1.807) is 6.07 Å². The number of Topliss-reactive ketones (excluding diaryl/α,β-unsaturated/α-hetero) is 1. The van der Waals surface area contributed by atoms with E-state index in [0.717, 1.165) is 31.4 Å². The molecule has 2 aliphatic heterocycles. The van der Waals surface area contributed by atoms with E-state index >= 15 is 0 Å². The molecule has 1 spiro atoms. The van der Waals surface area contributed by atoms with Crippen molar-refractivity contribution < 1.29 is 14.6 Å². The molecule has 2 fully saturated rings. The molecule has 1 aromatic rings. The number of ether oxygens (including phenoxy) is 1. The summed E-state index contributed by atoms with van der Waals surface area (Å²) in [5.74, 6) is 1.50. The zero-order valence-electron chi connectivity index (χ0n) is 12.5. The van der Waals surface area contributed by atoms with E-state index in [1.165, 1.54) is 5.56 Å². The highest BCUT2D eigenvalue weighted by Gasteiger charge is 2.65. The van der Waals surface area contributed by atoms with Crippen LogP contribution < -0.4 is 4.74 Å². The number of benzene rings is 1. The van der Waals surface area contributed by atoms with Gasteiger partial charge < -0.3 is 14.7 Å². The number of phenolic OH excluding ortho intramolecular Hbond substituents is 1. The van der Waals surface area contributed by atoms with Crippen molar-refractivity contribution in [3.63, 3.8) is 0 Å². The van der Waals surface area contributed by atoms with Gasteiger partial charge in [-0.2, -0.15) is 0 Å². The van der Waals surface area contributed by atoms with Gasteiger partial charge in [-0.1, -0.05) is 6.07 Å². The summed E-state index contributed by atoms with van der Waals surface area (Å²) in [5.41, 5.74) is 2.26. The molecule has 1 aromatic carbocycles. The molecule has 4 atom stereocenters. The fraction of sp³-hybridized carbons (Fsp3) is 0.588. The molecule has 0 amide bonds. The highest BCUT2D eigenvalue weighted by molar-refractivity contribution is 5.89. The Balaban J connectivity index is 0.00000125. The van der Waals surface area contributed by atoms with Gasteiger partial charge in [0, 0.05) is 23.4 Å². The van der Waals surface area contributed by atoms with Crippen LogP contribution in [0, 0.1) is 5.92 Å². The SMILES string of the molecule is CN1CC[C@@]23c4c5ccc(O)c4O[C@@H]2C(=O)CCC3[C@@H]1C5.Cl. The van der Waals surface area contributed by atoms with Crippen molar-refractivity contribution >= 4 is 18.2 Å². The number of nitrogens with zero attached hydrogens (tertiary/aromatic N) is 1. The first-order valence-electron chi connectivity index (χ1n) is 7.88. The molecule has 1 N–H and O–H groups in total. The first kappa shape index (κ1) is 14.3. The minimum absolute atomic E-state index is 0. The number of likely N-dealkylation sites (N-methyl/N-ethyl adjacent to an activating group) is 1. The van der Waals surface area contributed by atoms with E-state index < -0.39 is 0 Å². The van der Waals surface area contributed by atoms with Crippen molar-refractivity contribution in [2.45, 2.75) is 43.2 Å². The maximum atomic E-state index is 12.5. The lowest BCUT2D eigenvalue weighted by Crippen LogP contribution is -2.65. The van der Waals surface area contributed by atoms with Gasteiger partial charge in [-0.15, -0.1) is 12.4 Å². The highest BCUT2D eigenvalue weighted by atomic mass is 35.5. The smallest absolute Gasteiger partial charge is 0.174 e. The molecule has 5 heteroatoms. The Morgan fingerprint density at radius 2 is 2.23 bits per heavy atom. The molecule has 2 aliphatic carbocycles. The molecule has 0 aromatic heterocycles. The molecule has 5 rings (SSSR count). The number of carbonyl (C=O) groups excluding carboxylic acids is 1. The molecule has 4 aliphatic rings. The van der Waals surface area contributed by atoms with Crippen LogP contribution in [0.2, 0.25) is 0 Å². The van der Waals surface area contributed by atoms with E-state index in [0.29, 0.717) is 24.1 Å². The van der Waals surface area contributed by atoms with Crippen molar-refractivity contribution in [2.75, 3.05) is 13.6 Å². The summed E-state index contributed by atoms with van der Waals surface area (Å²) in [4.78, 5) is 14.9. The summed E-state index contributed by atoms with van der Waals surface area (Å²) < 4.78 is 6.04. The third kappa shape index (κ3) is 1.41. The second-order valence-corrected chi connectivity index (χ2v) is 7.10. The molecule has 1 saturated carbocycles. The normalized spacial score (nSPS) is 38.0. The molecule has 4 nitrogen and oxygen atoms in total. The van der Waals surface area contributed by atoms with Gasteiger partial charge in [0.2, 0.25) is 0 Å². The standard InChI is InChI=1S/C17H19NO3.ClH/c1-18-7-6-17-10-3-5-13(20)16(17)21-15-12(19)4-2-9(14(15)17)8-11(10)18;/h2,4,10-11,16,19H,3,5-8H2,1H3;1H/t10?,11-,16+,17+;/m0./s1. The molecule has 22 heavy (non-hydrogen) atoms. The first-order valence-corrected chi connectivity index (χ1v) is 7.88. The largest absolute Gasteiger partial charge is 0.504 e. The predicted molar refractivity (Wildman–Crippen MR) is 83.9 cm³/mol. The Kier molecular flexibility index (Phi) is 2.86. The van der Waals surface area contributed by atoms with E-state index in [2.05, 4.69) is 11.9 Å². The van der Waals surface area contributed by atoms with Crippen molar-refractivity contribution in [1.29, 1.82) is 0 Å². The van der Waals surface area contributed by atoms with E-state index in [9.17, 15) is 9.90 Å². The Morgan fingerprint density at radius 3 is 3.05 bits per heavy atom. The lowest BCUT2D eigenvalue weighted by molar-refractivity contribution is -0.138. The molecule has 1 saturated heterocycles. The van der Waals surface area contributed by atoms with Crippen LogP contribution in [-0.2, 0) is 16.6 Å². The Bertz CT molecular complexity index is 676. The van der Waals surface area contributed by atoms with Crippen LogP contribution in [0.4, 0.5) is 0 Å². The van der Waals surface area contributed by atoms with Crippen LogP contribution in [0.15, 0.2) is 12.1 Å². The third-order valence-electron chi connectivity index (χ3n) is 6.39. The number of rotatable bonds is 0. The van der Waals surface area contributed by atoms with Gasteiger partial charge in [0.25, 0.3) is 0 Å². The van der Waals surface area contributed by atoms with Crippen molar-refractivity contribution in [3.8, 4) is 11.5 Å². The molecular formula is C17H20ClNO3. The summed E-state index contributed by atoms with van der Waals surface area (Å²) in [6.07, 6.45) is 3.18. The topological polar surface area (TPSA) is 49.8 Å². The van der Waals surface area contributed by atoms with Crippen LogP contribution in [0.3, 0.4) is 0 Å². The zero-order chi connectivity index (χ0) is 14.4. The number of hydrogen-bond acceptors (Lipinski definition) is 4. The maximum absolute atomic E-state index is 12.5. The molecule has 118 valence electrons. The summed E-state index contributed by atoms with van der Waals surface area (Å²) in [6.45, 7) is 1.00. The van der Waals surface area contributed by atoms with E-state index in [4.69, 9.17) is 4.74 Å². The van der Waals surface area contributed by atoms with Gasteiger partial charge in [0.15, 0.2) is 23.4 Å². The number of phenols is 1. The lowest BCUT2D eigenvalue weighted by Gasteiger charge is -2.57. The zero-order valence-corrected chi connectivity index (χ0v) is 13.4. The van der Waals surface area contributed by atoms with Gasteiger partial charge in [-0.3, -0.25) is 4.79 Å². The predicted octanol–water partition coefficient (Wildman–Crippen LogP) is 2.05. The number of likely N-dealkylation sites (tertiary alicyclic amines) is 1. The number of halogens is 1. The quantitative estimate of drug-likeness (QED) is 0.794. The number of ketones is 1. The second-order valence-electron chi connectivity index (χ2n) is 7.10. The van der Waals surface area contributed by atoms with E-state index in [-0.39, 0.29) is 35.5 Å². The molecule has 2 heterocycles. The molecule has 0 radical (unpaired) electrons. The number of aromatic hydroxyl groups is 1. The van der Waals surface area contributed by atoms with Crippen LogP contribution in [0.5, 0.6) is 11.5 Å². The Hall–Kier alpha value is -1.26. The van der Waals surface area contributed by atoms with Crippen molar-refractivity contribution in [2.24, 2.45) is 5.92 Å². The molecular weight excluding hydrogens is 302 g/mol. The fourth-order valence-corrected chi connectivity index (χ4v) is 5.52. The fourth-order valence-electron chi connectivity index (χ4n) is 5.52. The van der Waals surface area contributed by atoms with E-state index in [1.807, 2.05) is 6.07 Å². The van der Waals surface area contributed by atoms with Crippen molar-refractivity contribution in [1.82, 2.24) is 4.90 Å². The number of hydrogen-bond donors (Lipinski definition) is 1. The van der Waals surface area contributed by atoms with Crippen LogP contribution in [0.25, 0.3) is 0 Å². The van der Waals surface area contributed by atoms with Gasteiger partial charge in [-0.05, 0) is 50.4 Å². The number of carbonyl (C=O) groups is 1. The van der Waals surface area contributed by atoms with Crippen LogP contribution in [-0.4, -0.2) is 41.5 Å². The molecule has 1 unspecified atom stereocenters. The second kappa shape index (κ2) is 4.39. The minimum atomic E-state index is -0.366. The Morgan fingerprint density at radius 1 is 1.41 bits per heavy atom. The monoisotopic (exact) mass is 321 g/mol. The summed E-state index contributed by atoms with van der Waals surface area (Å²) in [5, 5.41) is 10.2. The lowest BCUT2D eigenvalue weighted by atomic mass is 9.52. The van der Waals surface area contributed by atoms with Crippen LogP contribution in [0.1, 0.15) is 30.4 Å². The summed E-state index contributed by atoms with van der Waals surface area (Å²) >= 11 is 0. The average molecular weight is 322 g/mol. The van der Waals surface area contributed by atoms with Gasteiger partial charge in [0.1, 0.15) is 0 Å². The first-order chi connectivity index (χ1) is 10.1. The minimum Gasteiger partial charge on any atom is -0.504 e. The average Bonchev–Trinajstić information content (AvgIpc) is 2.83. The van der Waals surface area contributed by atoms with Gasteiger partial charge in [-0.25, -0.2) is 0 Å². The molecule has 2 bridgehead atoms. The van der Waals surface area contributed by atoms with Gasteiger partial charge in [0.05, 0.1) is 0 Å². The third-order valence-corrected chi connectivity index (χ3v) is 6.39. The summed E-state index contributed by atoms with van der Waals surface area (Å²) in [6, 6.07) is 4.26.